The third-order valence-electron chi connectivity index (χ3n) is 2.64. The van der Waals surface area contributed by atoms with Crippen molar-refractivity contribution in [3.63, 3.8) is 0 Å². The summed E-state index contributed by atoms with van der Waals surface area (Å²) in [5.41, 5.74) is 0.920. The molecule has 1 aromatic rings. The topological polar surface area (TPSA) is 60.8 Å². The van der Waals surface area contributed by atoms with Crippen LogP contribution in [0.1, 0.15) is 25.5 Å². The van der Waals surface area contributed by atoms with Crippen LogP contribution in [-0.2, 0) is 4.79 Å². The van der Waals surface area contributed by atoms with Gasteiger partial charge >= 0.3 is 5.97 Å². The fourth-order valence-corrected chi connectivity index (χ4v) is 1.69. The zero-order chi connectivity index (χ0) is 12.1. The van der Waals surface area contributed by atoms with E-state index < -0.39 is 5.97 Å². The molecule has 0 spiro atoms. The molecule has 4 nitrogen and oxygen atoms in total. The number of carbonyl (C=O) groups is 1. The molecule has 0 aliphatic rings. The summed E-state index contributed by atoms with van der Waals surface area (Å²) < 4.78 is 0. The van der Waals surface area contributed by atoms with Gasteiger partial charge in [0.1, 0.15) is 5.75 Å². The first-order valence-electron chi connectivity index (χ1n) is 5.29. The Labute approximate surface area is 95.1 Å². The summed E-state index contributed by atoms with van der Waals surface area (Å²) >= 11 is 0. The molecule has 2 N–H and O–H groups in total. The normalized spacial score (nSPS) is 12.7. The summed E-state index contributed by atoms with van der Waals surface area (Å²) in [6, 6.07) is 6.89. The van der Waals surface area contributed by atoms with Crippen LogP contribution in [0.4, 0.5) is 0 Å². The van der Waals surface area contributed by atoms with Gasteiger partial charge in [-0.3, -0.25) is 9.69 Å². The molecule has 0 heterocycles. The summed E-state index contributed by atoms with van der Waals surface area (Å²) in [5.74, 6) is -0.635. The molecule has 1 rings (SSSR count). The summed E-state index contributed by atoms with van der Waals surface area (Å²) in [4.78, 5) is 12.5. The molecular weight excluding hydrogens is 206 g/mol. The molecule has 0 unspecified atom stereocenters. The maximum atomic E-state index is 10.7. The van der Waals surface area contributed by atoms with Crippen LogP contribution in [0.25, 0.3) is 0 Å². The second-order valence-corrected chi connectivity index (χ2v) is 3.73. The lowest BCUT2D eigenvalue weighted by molar-refractivity contribution is -0.138. The van der Waals surface area contributed by atoms with Crippen molar-refractivity contribution in [2.45, 2.75) is 19.9 Å². The van der Waals surface area contributed by atoms with Crippen LogP contribution in [0, 0.1) is 0 Å². The average molecular weight is 223 g/mol. The molecule has 4 heteroatoms. The number of likely N-dealkylation sites (N-methyl/N-ethyl adjacent to an activating group) is 1. The number of carboxylic acid groups (broad SMARTS) is 1. The van der Waals surface area contributed by atoms with E-state index in [1.165, 1.54) is 0 Å². The van der Waals surface area contributed by atoms with E-state index in [0.717, 1.165) is 5.56 Å². The molecule has 0 saturated carbocycles. The smallest absolute Gasteiger partial charge is 0.317 e. The van der Waals surface area contributed by atoms with Gasteiger partial charge in [0.25, 0.3) is 0 Å². The van der Waals surface area contributed by atoms with E-state index in [-0.39, 0.29) is 18.3 Å². The van der Waals surface area contributed by atoms with E-state index >= 15 is 0 Å². The van der Waals surface area contributed by atoms with E-state index in [4.69, 9.17) is 5.11 Å². The molecule has 0 fully saturated rings. The molecule has 88 valence electrons. The Morgan fingerprint density at radius 2 is 2.19 bits per heavy atom. The van der Waals surface area contributed by atoms with Crippen molar-refractivity contribution in [3.8, 4) is 5.75 Å². The number of rotatable bonds is 5. The molecule has 0 saturated heterocycles. The van der Waals surface area contributed by atoms with Crippen LogP contribution >= 0.6 is 0 Å². The van der Waals surface area contributed by atoms with E-state index in [1.54, 1.807) is 18.2 Å². The Kier molecular flexibility index (Phi) is 4.31. The maximum Gasteiger partial charge on any atom is 0.317 e. The number of hydrogen-bond donors (Lipinski definition) is 2. The van der Waals surface area contributed by atoms with E-state index in [1.807, 2.05) is 24.8 Å². The van der Waals surface area contributed by atoms with Gasteiger partial charge < -0.3 is 10.2 Å². The summed E-state index contributed by atoms with van der Waals surface area (Å²) in [7, 11) is 0. The van der Waals surface area contributed by atoms with Crippen LogP contribution < -0.4 is 0 Å². The lowest BCUT2D eigenvalue weighted by Gasteiger charge is -2.26. The Morgan fingerprint density at radius 3 is 2.69 bits per heavy atom. The van der Waals surface area contributed by atoms with Gasteiger partial charge in [0.15, 0.2) is 0 Å². The number of aliphatic carboxylic acids is 1. The third kappa shape index (κ3) is 3.24. The van der Waals surface area contributed by atoms with Crippen molar-refractivity contribution >= 4 is 5.97 Å². The maximum absolute atomic E-state index is 10.7. The predicted molar refractivity (Wildman–Crippen MR) is 61.4 cm³/mol. The zero-order valence-electron chi connectivity index (χ0n) is 9.55. The van der Waals surface area contributed by atoms with Gasteiger partial charge in [-0.2, -0.15) is 0 Å². The van der Waals surface area contributed by atoms with Gasteiger partial charge in [0.05, 0.1) is 6.54 Å². The third-order valence-corrected chi connectivity index (χ3v) is 2.64. The Hall–Kier alpha value is -1.55. The van der Waals surface area contributed by atoms with Crippen molar-refractivity contribution < 1.29 is 15.0 Å². The quantitative estimate of drug-likeness (QED) is 0.799. The van der Waals surface area contributed by atoms with Crippen LogP contribution in [0.3, 0.4) is 0 Å². The van der Waals surface area contributed by atoms with Gasteiger partial charge in [-0.15, -0.1) is 0 Å². The van der Waals surface area contributed by atoms with E-state index in [2.05, 4.69) is 0 Å². The SMILES string of the molecule is CCN(CC(=O)O)[C@@H](C)c1cccc(O)c1. The van der Waals surface area contributed by atoms with Gasteiger partial charge in [0.2, 0.25) is 0 Å². The molecular formula is C12H17NO3. The number of nitrogens with zero attached hydrogens (tertiary/aromatic N) is 1. The molecule has 0 aliphatic heterocycles. The minimum absolute atomic E-state index is 0.00726. The van der Waals surface area contributed by atoms with Gasteiger partial charge in [-0.25, -0.2) is 0 Å². The number of hydrogen-bond acceptors (Lipinski definition) is 3. The molecule has 1 aromatic carbocycles. The summed E-state index contributed by atoms with van der Waals surface area (Å²) in [5, 5.41) is 18.1. The number of phenols is 1. The molecule has 0 bridgehead atoms. The Morgan fingerprint density at radius 1 is 1.50 bits per heavy atom. The summed E-state index contributed by atoms with van der Waals surface area (Å²) in [6.45, 7) is 4.51. The molecule has 16 heavy (non-hydrogen) atoms. The fraction of sp³-hybridized carbons (Fsp3) is 0.417. The number of phenolic OH excluding ortho intramolecular Hbond substituents is 1. The fourth-order valence-electron chi connectivity index (χ4n) is 1.69. The average Bonchev–Trinajstić information content (AvgIpc) is 2.24. The highest BCUT2D eigenvalue weighted by molar-refractivity contribution is 5.69. The molecule has 0 aromatic heterocycles. The Bertz CT molecular complexity index is 365. The molecule has 0 aliphatic carbocycles. The first-order valence-corrected chi connectivity index (χ1v) is 5.29. The Balaban J connectivity index is 2.82. The molecule has 1 atom stereocenters. The highest BCUT2D eigenvalue weighted by atomic mass is 16.4. The van der Waals surface area contributed by atoms with Crippen LogP contribution in [0.15, 0.2) is 24.3 Å². The first kappa shape index (κ1) is 12.5. The first-order chi connectivity index (χ1) is 7.54. The number of carboxylic acids is 1. The van der Waals surface area contributed by atoms with Crippen molar-refractivity contribution in [2.75, 3.05) is 13.1 Å². The van der Waals surface area contributed by atoms with Crippen LogP contribution in [0.5, 0.6) is 5.75 Å². The van der Waals surface area contributed by atoms with Crippen LogP contribution in [0.2, 0.25) is 0 Å². The van der Waals surface area contributed by atoms with E-state index in [0.29, 0.717) is 6.54 Å². The highest BCUT2D eigenvalue weighted by Gasteiger charge is 2.16. The lowest BCUT2D eigenvalue weighted by Crippen LogP contribution is -2.32. The summed E-state index contributed by atoms with van der Waals surface area (Å²) in [6.07, 6.45) is 0. The van der Waals surface area contributed by atoms with Crippen molar-refractivity contribution in [1.82, 2.24) is 4.90 Å². The van der Waals surface area contributed by atoms with Crippen molar-refractivity contribution in [2.24, 2.45) is 0 Å². The van der Waals surface area contributed by atoms with Crippen molar-refractivity contribution in [1.29, 1.82) is 0 Å². The van der Waals surface area contributed by atoms with Crippen LogP contribution in [-0.4, -0.2) is 34.2 Å². The van der Waals surface area contributed by atoms with E-state index in [9.17, 15) is 9.90 Å². The molecule has 0 radical (unpaired) electrons. The second-order valence-electron chi connectivity index (χ2n) is 3.73. The second kappa shape index (κ2) is 5.51. The lowest BCUT2D eigenvalue weighted by atomic mass is 10.1. The largest absolute Gasteiger partial charge is 0.508 e. The number of aromatic hydroxyl groups is 1. The standard InChI is InChI=1S/C12H17NO3/c1-3-13(8-12(15)16)9(2)10-5-4-6-11(14)7-10/h4-7,9,14H,3,8H2,1-2H3,(H,15,16)/t9-/m0/s1. The van der Waals surface area contributed by atoms with Crippen molar-refractivity contribution in [3.05, 3.63) is 29.8 Å². The highest BCUT2D eigenvalue weighted by Crippen LogP contribution is 2.22. The minimum Gasteiger partial charge on any atom is -0.508 e. The van der Waals surface area contributed by atoms with Gasteiger partial charge in [-0.05, 0) is 31.2 Å². The monoisotopic (exact) mass is 223 g/mol. The minimum atomic E-state index is -0.839. The predicted octanol–water partition coefficient (Wildman–Crippen LogP) is 1.86. The number of benzene rings is 1. The van der Waals surface area contributed by atoms with Gasteiger partial charge in [0, 0.05) is 6.04 Å². The van der Waals surface area contributed by atoms with Gasteiger partial charge in [-0.1, -0.05) is 19.1 Å². The zero-order valence-corrected chi connectivity index (χ0v) is 9.55. The molecule has 0 amide bonds.